The Bertz CT molecular complexity index is 636. The lowest BCUT2D eigenvalue weighted by molar-refractivity contribution is 0.0680. The van der Waals surface area contributed by atoms with Crippen molar-refractivity contribution in [1.29, 1.82) is 0 Å². The van der Waals surface area contributed by atoms with E-state index < -0.39 is 0 Å². The first-order valence-electron chi connectivity index (χ1n) is 6.65. The van der Waals surface area contributed by atoms with Gasteiger partial charge in [-0.1, -0.05) is 11.3 Å². The number of rotatable bonds is 5. The lowest BCUT2D eigenvalue weighted by Crippen LogP contribution is -2.35. The Kier molecular flexibility index (Phi) is 3.58. The molecule has 1 amide bonds. The summed E-state index contributed by atoms with van der Waals surface area (Å²) in [5.74, 6) is 0.0680. The number of aromatic nitrogens is 1. The number of thiazole rings is 1. The summed E-state index contributed by atoms with van der Waals surface area (Å²) in [7, 11) is 1.65. The summed E-state index contributed by atoms with van der Waals surface area (Å²) in [6.45, 7) is 1.21. The van der Waals surface area contributed by atoms with E-state index in [1.165, 1.54) is 11.3 Å². The normalized spacial score (nSPS) is 14.7. The first-order valence-corrected chi connectivity index (χ1v) is 7.46. The van der Waals surface area contributed by atoms with Crippen molar-refractivity contribution in [2.75, 3.05) is 26.0 Å². The second kappa shape index (κ2) is 5.38. The molecule has 1 aliphatic carbocycles. The van der Waals surface area contributed by atoms with Gasteiger partial charge in [0.1, 0.15) is 0 Å². The highest BCUT2D eigenvalue weighted by Gasteiger charge is 2.32. The molecule has 1 aromatic carbocycles. The molecule has 1 heterocycles. The van der Waals surface area contributed by atoms with E-state index in [0.717, 1.165) is 23.1 Å². The Balaban J connectivity index is 1.85. The quantitative estimate of drug-likeness (QED) is 0.916. The molecule has 1 aliphatic rings. The number of ether oxygens (including phenoxy) is 1. The number of nitrogen functional groups attached to an aromatic ring is 1. The van der Waals surface area contributed by atoms with E-state index in [4.69, 9.17) is 10.5 Å². The fraction of sp³-hybridized carbons (Fsp3) is 0.429. The summed E-state index contributed by atoms with van der Waals surface area (Å²) in [6.07, 6.45) is 2.18. The summed E-state index contributed by atoms with van der Waals surface area (Å²) >= 11 is 1.41. The summed E-state index contributed by atoms with van der Waals surface area (Å²) < 4.78 is 6.05. The minimum Gasteiger partial charge on any atom is -0.383 e. The SMILES string of the molecule is COCCN(C(=O)c1ccc2nc(N)sc2c1)C1CC1. The largest absolute Gasteiger partial charge is 0.383 e. The van der Waals surface area contributed by atoms with Gasteiger partial charge in [0.15, 0.2) is 5.13 Å². The zero-order chi connectivity index (χ0) is 14.1. The number of nitrogens with zero attached hydrogens (tertiary/aromatic N) is 2. The van der Waals surface area contributed by atoms with Gasteiger partial charge in [-0.05, 0) is 31.0 Å². The molecular weight excluding hydrogens is 274 g/mol. The Morgan fingerprint density at radius 1 is 1.55 bits per heavy atom. The zero-order valence-electron chi connectivity index (χ0n) is 11.3. The second-order valence-electron chi connectivity index (χ2n) is 4.96. The van der Waals surface area contributed by atoms with Gasteiger partial charge in [-0.25, -0.2) is 4.98 Å². The van der Waals surface area contributed by atoms with E-state index in [1.807, 2.05) is 23.1 Å². The fourth-order valence-electron chi connectivity index (χ4n) is 2.27. The Morgan fingerprint density at radius 3 is 3.05 bits per heavy atom. The molecule has 0 aliphatic heterocycles. The molecule has 0 bridgehead atoms. The fourth-order valence-corrected chi connectivity index (χ4v) is 3.04. The molecule has 3 rings (SSSR count). The molecule has 0 atom stereocenters. The summed E-state index contributed by atoms with van der Waals surface area (Å²) in [5, 5.41) is 0.531. The molecule has 20 heavy (non-hydrogen) atoms. The summed E-state index contributed by atoms with van der Waals surface area (Å²) in [5.41, 5.74) is 7.24. The number of methoxy groups -OCH3 is 1. The van der Waals surface area contributed by atoms with Gasteiger partial charge in [0.2, 0.25) is 0 Å². The molecule has 0 unspecified atom stereocenters. The van der Waals surface area contributed by atoms with Crippen molar-refractivity contribution in [3.63, 3.8) is 0 Å². The number of anilines is 1. The van der Waals surface area contributed by atoms with Crippen molar-refractivity contribution in [1.82, 2.24) is 9.88 Å². The van der Waals surface area contributed by atoms with Gasteiger partial charge < -0.3 is 15.4 Å². The van der Waals surface area contributed by atoms with Crippen molar-refractivity contribution in [2.45, 2.75) is 18.9 Å². The minimum absolute atomic E-state index is 0.0680. The lowest BCUT2D eigenvalue weighted by atomic mass is 10.2. The number of nitrogens with two attached hydrogens (primary N) is 1. The average Bonchev–Trinajstić information content (AvgIpc) is 3.19. The number of carbonyl (C=O) groups is 1. The van der Waals surface area contributed by atoms with Crippen molar-refractivity contribution in [3.05, 3.63) is 23.8 Å². The van der Waals surface area contributed by atoms with E-state index >= 15 is 0 Å². The molecule has 6 heteroatoms. The van der Waals surface area contributed by atoms with Gasteiger partial charge in [0.05, 0.1) is 16.8 Å². The van der Waals surface area contributed by atoms with Crippen LogP contribution in [0.1, 0.15) is 23.2 Å². The van der Waals surface area contributed by atoms with E-state index in [9.17, 15) is 4.79 Å². The number of benzene rings is 1. The van der Waals surface area contributed by atoms with E-state index in [0.29, 0.717) is 29.9 Å². The number of amides is 1. The monoisotopic (exact) mass is 291 g/mol. The van der Waals surface area contributed by atoms with Crippen LogP contribution in [0.2, 0.25) is 0 Å². The molecular formula is C14H17N3O2S. The van der Waals surface area contributed by atoms with E-state index in [1.54, 1.807) is 7.11 Å². The average molecular weight is 291 g/mol. The van der Waals surface area contributed by atoms with Crippen molar-refractivity contribution in [2.24, 2.45) is 0 Å². The van der Waals surface area contributed by atoms with Crippen LogP contribution in [0.4, 0.5) is 5.13 Å². The van der Waals surface area contributed by atoms with Gasteiger partial charge in [-0.15, -0.1) is 0 Å². The van der Waals surface area contributed by atoms with Crippen LogP contribution in [0.15, 0.2) is 18.2 Å². The van der Waals surface area contributed by atoms with Crippen LogP contribution < -0.4 is 5.73 Å². The number of fused-ring (bicyclic) bond motifs is 1. The van der Waals surface area contributed by atoms with Gasteiger partial charge in [-0.2, -0.15) is 0 Å². The van der Waals surface area contributed by atoms with Crippen LogP contribution in [0.25, 0.3) is 10.2 Å². The predicted octanol–water partition coefficient (Wildman–Crippen LogP) is 2.13. The van der Waals surface area contributed by atoms with Crippen LogP contribution >= 0.6 is 11.3 Å². The summed E-state index contributed by atoms with van der Waals surface area (Å²) in [6, 6.07) is 5.94. The predicted molar refractivity (Wildman–Crippen MR) is 80.0 cm³/mol. The van der Waals surface area contributed by atoms with Gasteiger partial charge in [0, 0.05) is 25.3 Å². The maximum atomic E-state index is 12.6. The highest BCUT2D eigenvalue weighted by molar-refractivity contribution is 7.22. The van der Waals surface area contributed by atoms with E-state index in [-0.39, 0.29) is 5.91 Å². The van der Waals surface area contributed by atoms with Gasteiger partial charge in [0.25, 0.3) is 5.91 Å². The maximum absolute atomic E-state index is 12.6. The highest BCUT2D eigenvalue weighted by atomic mass is 32.1. The molecule has 1 aromatic heterocycles. The topological polar surface area (TPSA) is 68.5 Å². The van der Waals surface area contributed by atoms with Gasteiger partial charge in [-0.3, -0.25) is 4.79 Å². The highest BCUT2D eigenvalue weighted by Crippen LogP contribution is 2.30. The first kappa shape index (κ1) is 13.3. The molecule has 0 saturated heterocycles. The van der Waals surface area contributed by atoms with Crippen molar-refractivity contribution >= 4 is 32.6 Å². The second-order valence-corrected chi connectivity index (χ2v) is 6.02. The summed E-state index contributed by atoms with van der Waals surface area (Å²) in [4.78, 5) is 18.7. The molecule has 0 radical (unpaired) electrons. The number of hydrogen-bond acceptors (Lipinski definition) is 5. The third-order valence-electron chi connectivity index (χ3n) is 3.44. The smallest absolute Gasteiger partial charge is 0.254 e. The van der Waals surface area contributed by atoms with Crippen molar-refractivity contribution in [3.8, 4) is 0 Å². The van der Waals surface area contributed by atoms with Crippen LogP contribution in [0, 0.1) is 0 Å². The number of carbonyl (C=O) groups excluding carboxylic acids is 1. The molecule has 2 aromatic rings. The molecule has 2 N–H and O–H groups in total. The third-order valence-corrected chi connectivity index (χ3v) is 4.28. The Labute approximate surface area is 121 Å². The number of hydrogen-bond donors (Lipinski definition) is 1. The van der Waals surface area contributed by atoms with Gasteiger partial charge >= 0.3 is 0 Å². The Hall–Kier alpha value is -1.66. The van der Waals surface area contributed by atoms with Crippen LogP contribution in [0.3, 0.4) is 0 Å². The van der Waals surface area contributed by atoms with Crippen LogP contribution in [-0.4, -0.2) is 42.1 Å². The standard InChI is InChI=1S/C14H17N3O2S/c1-19-7-6-17(10-3-4-10)13(18)9-2-5-11-12(8-9)20-14(15)16-11/h2,5,8,10H,3-4,6-7H2,1H3,(H2,15,16). The lowest BCUT2D eigenvalue weighted by Gasteiger charge is -2.22. The van der Waals surface area contributed by atoms with Crippen molar-refractivity contribution < 1.29 is 9.53 Å². The zero-order valence-corrected chi connectivity index (χ0v) is 12.2. The maximum Gasteiger partial charge on any atom is 0.254 e. The first-order chi connectivity index (χ1) is 9.69. The minimum atomic E-state index is 0.0680. The molecule has 1 saturated carbocycles. The molecule has 1 fully saturated rings. The van der Waals surface area contributed by atoms with E-state index in [2.05, 4.69) is 4.98 Å². The Morgan fingerprint density at radius 2 is 2.35 bits per heavy atom. The third kappa shape index (κ3) is 2.62. The molecule has 5 nitrogen and oxygen atoms in total. The molecule has 0 spiro atoms. The van der Waals surface area contributed by atoms with Crippen LogP contribution in [-0.2, 0) is 4.74 Å². The van der Waals surface area contributed by atoms with Crippen LogP contribution in [0.5, 0.6) is 0 Å². The molecule has 106 valence electrons.